The number of rotatable bonds is 5. The minimum atomic E-state index is -3.78. The summed E-state index contributed by atoms with van der Waals surface area (Å²) in [4.78, 5) is 11.4. The Morgan fingerprint density at radius 3 is 2.38 bits per heavy atom. The maximum atomic E-state index is 12.7. The summed E-state index contributed by atoms with van der Waals surface area (Å²) < 4.78 is 33.1. The minimum Gasteiger partial charge on any atom is -0.495 e. The number of methoxy groups -OCH3 is 1. The number of carbonyl (C=O) groups is 1. The Bertz CT molecular complexity index is 876. The summed E-state index contributed by atoms with van der Waals surface area (Å²) in [6.45, 7) is 5.02. The zero-order valence-corrected chi connectivity index (χ0v) is 14.8. The third-order valence-electron chi connectivity index (χ3n) is 3.38. The summed E-state index contributed by atoms with van der Waals surface area (Å²) in [5.41, 5.74) is 2.36. The number of sulfonamides is 1. The van der Waals surface area contributed by atoms with E-state index in [-0.39, 0.29) is 16.5 Å². The van der Waals surface area contributed by atoms with Gasteiger partial charge in [0.25, 0.3) is 10.0 Å². The van der Waals surface area contributed by atoms with Crippen LogP contribution in [0.25, 0.3) is 0 Å². The molecule has 0 aliphatic rings. The van der Waals surface area contributed by atoms with Crippen LogP contribution < -0.4 is 14.8 Å². The number of hydrogen-bond acceptors (Lipinski definition) is 4. The molecule has 2 aromatic rings. The maximum Gasteiger partial charge on any atom is 0.262 e. The van der Waals surface area contributed by atoms with Gasteiger partial charge in [-0.05, 0) is 43.7 Å². The van der Waals surface area contributed by atoms with Crippen molar-refractivity contribution in [1.29, 1.82) is 0 Å². The molecule has 1 amide bonds. The predicted octanol–water partition coefficient (Wildman–Crippen LogP) is 3.07. The maximum absolute atomic E-state index is 12.7. The van der Waals surface area contributed by atoms with Gasteiger partial charge in [0.05, 0.1) is 17.7 Å². The van der Waals surface area contributed by atoms with Gasteiger partial charge in [0, 0.05) is 12.6 Å². The first kappa shape index (κ1) is 17.8. The molecule has 7 heteroatoms. The van der Waals surface area contributed by atoms with Crippen LogP contribution in [0.2, 0.25) is 0 Å². The van der Waals surface area contributed by atoms with Crippen LogP contribution in [0.3, 0.4) is 0 Å². The lowest BCUT2D eigenvalue weighted by Gasteiger charge is -2.15. The molecule has 2 rings (SSSR count). The summed E-state index contributed by atoms with van der Waals surface area (Å²) in [5, 5.41) is 2.61. The summed E-state index contributed by atoms with van der Waals surface area (Å²) in [6.07, 6.45) is 0. The van der Waals surface area contributed by atoms with Crippen LogP contribution in [-0.2, 0) is 14.8 Å². The largest absolute Gasteiger partial charge is 0.495 e. The van der Waals surface area contributed by atoms with Crippen molar-refractivity contribution in [2.45, 2.75) is 25.7 Å². The molecule has 0 unspecified atom stereocenters. The predicted molar refractivity (Wildman–Crippen MR) is 94.0 cm³/mol. The van der Waals surface area contributed by atoms with Crippen molar-refractivity contribution in [3.8, 4) is 5.75 Å². The van der Waals surface area contributed by atoms with E-state index in [1.54, 1.807) is 37.3 Å². The highest BCUT2D eigenvalue weighted by Gasteiger charge is 2.19. The molecule has 0 saturated carbocycles. The van der Waals surface area contributed by atoms with Gasteiger partial charge >= 0.3 is 0 Å². The number of amides is 1. The lowest BCUT2D eigenvalue weighted by atomic mass is 10.2. The first-order chi connectivity index (χ1) is 11.2. The van der Waals surface area contributed by atoms with Crippen molar-refractivity contribution in [3.63, 3.8) is 0 Å². The number of anilines is 2. The Hall–Kier alpha value is -2.54. The number of aryl methyl sites for hydroxylation is 2. The van der Waals surface area contributed by atoms with Crippen LogP contribution in [-0.4, -0.2) is 21.4 Å². The molecule has 0 heterocycles. The average Bonchev–Trinajstić information content (AvgIpc) is 2.46. The van der Waals surface area contributed by atoms with E-state index in [1.807, 2.05) is 6.92 Å². The molecule has 0 fully saturated rings. The van der Waals surface area contributed by atoms with Crippen molar-refractivity contribution in [2.24, 2.45) is 0 Å². The van der Waals surface area contributed by atoms with Crippen molar-refractivity contribution in [1.82, 2.24) is 0 Å². The first-order valence-corrected chi connectivity index (χ1v) is 8.77. The Balaban J connectivity index is 2.42. The summed E-state index contributed by atoms with van der Waals surface area (Å²) in [7, 11) is -2.33. The van der Waals surface area contributed by atoms with E-state index in [4.69, 9.17) is 4.74 Å². The van der Waals surface area contributed by atoms with Gasteiger partial charge in [-0.3, -0.25) is 9.52 Å². The zero-order valence-electron chi connectivity index (χ0n) is 14.0. The van der Waals surface area contributed by atoms with Gasteiger partial charge in [0.2, 0.25) is 5.91 Å². The van der Waals surface area contributed by atoms with E-state index in [0.717, 1.165) is 5.56 Å². The summed E-state index contributed by atoms with van der Waals surface area (Å²) >= 11 is 0. The molecule has 6 nitrogen and oxygen atoms in total. The smallest absolute Gasteiger partial charge is 0.262 e. The fourth-order valence-corrected chi connectivity index (χ4v) is 3.66. The Kier molecular flexibility index (Phi) is 5.14. The van der Waals surface area contributed by atoms with Crippen LogP contribution in [0.4, 0.5) is 11.4 Å². The monoisotopic (exact) mass is 348 g/mol. The van der Waals surface area contributed by atoms with Gasteiger partial charge in [-0.15, -0.1) is 0 Å². The van der Waals surface area contributed by atoms with Crippen molar-refractivity contribution < 1.29 is 17.9 Å². The molecule has 0 bridgehead atoms. The number of benzene rings is 2. The molecule has 128 valence electrons. The van der Waals surface area contributed by atoms with Gasteiger partial charge < -0.3 is 10.1 Å². The third-order valence-corrected chi connectivity index (χ3v) is 4.91. The van der Waals surface area contributed by atoms with Gasteiger partial charge in [-0.25, -0.2) is 8.42 Å². The SMILES string of the molecule is COc1ccc(NC(C)=O)cc1NS(=O)(=O)c1ccc(C)cc1C. The highest BCUT2D eigenvalue weighted by Crippen LogP contribution is 2.30. The van der Waals surface area contributed by atoms with Crippen LogP contribution >= 0.6 is 0 Å². The fourth-order valence-electron chi connectivity index (χ4n) is 2.37. The second-order valence-corrected chi connectivity index (χ2v) is 7.12. The lowest BCUT2D eigenvalue weighted by Crippen LogP contribution is -2.15. The van der Waals surface area contributed by atoms with E-state index in [0.29, 0.717) is 17.0 Å². The molecule has 0 aliphatic carbocycles. The molecule has 0 radical (unpaired) electrons. The molecule has 0 aromatic heterocycles. The average molecular weight is 348 g/mol. The second kappa shape index (κ2) is 6.92. The van der Waals surface area contributed by atoms with Crippen LogP contribution in [0, 0.1) is 13.8 Å². The molecule has 2 N–H and O–H groups in total. The van der Waals surface area contributed by atoms with E-state index >= 15 is 0 Å². The van der Waals surface area contributed by atoms with Crippen molar-refractivity contribution in [2.75, 3.05) is 17.1 Å². The Labute approximate surface area is 141 Å². The number of ether oxygens (including phenoxy) is 1. The molecule has 0 atom stereocenters. The highest BCUT2D eigenvalue weighted by molar-refractivity contribution is 7.92. The molecule has 0 saturated heterocycles. The van der Waals surface area contributed by atoms with Gasteiger partial charge in [0.15, 0.2) is 0 Å². The minimum absolute atomic E-state index is 0.195. The van der Waals surface area contributed by atoms with Crippen LogP contribution in [0.15, 0.2) is 41.3 Å². The molecular weight excluding hydrogens is 328 g/mol. The van der Waals surface area contributed by atoms with Gasteiger partial charge in [-0.2, -0.15) is 0 Å². The number of nitrogens with one attached hydrogen (secondary N) is 2. The topological polar surface area (TPSA) is 84.5 Å². The molecule has 0 spiro atoms. The quantitative estimate of drug-likeness (QED) is 0.870. The fraction of sp³-hybridized carbons (Fsp3) is 0.235. The zero-order chi connectivity index (χ0) is 17.9. The van der Waals surface area contributed by atoms with Crippen molar-refractivity contribution >= 4 is 27.3 Å². The molecule has 24 heavy (non-hydrogen) atoms. The third kappa shape index (κ3) is 4.05. The van der Waals surface area contributed by atoms with Crippen LogP contribution in [0.1, 0.15) is 18.1 Å². The van der Waals surface area contributed by atoms with Gasteiger partial charge in [-0.1, -0.05) is 17.7 Å². The molecular formula is C17H20N2O4S. The second-order valence-electron chi connectivity index (χ2n) is 5.47. The first-order valence-electron chi connectivity index (χ1n) is 7.28. The molecule has 2 aromatic carbocycles. The molecule has 0 aliphatic heterocycles. The summed E-state index contributed by atoms with van der Waals surface area (Å²) in [6, 6.07) is 9.85. The number of hydrogen-bond donors (Lipinski definition) is 2. The Morgan fingerprint density at radius 2 is 1.79 bits per heavy atom. The lowest BCUT2D eigenvalue weighted by molar-refractivity contribution is -0.114. The Morgan fingerprint density at radius 1 is 1.08 bits per heavy atom. The van der Waals surface area contributed by atoms with E-state index in [1.165, 1.54) is 20.1 Å². The van der Waals surface area contributed by atoms with Crippen molar-refractivity contribution in [3.05, 3.63) is 47.5 Å². The van der Waals surface area contributed by atoms with E-state index in [9.17, 15) is 13.2 Å². The van der Waals surface area contributed by atoms with Gasteiger partial charge in [0.1, 0.15) is 5.75 Å². The normalized spacial score (nSPS) is 11.0. The van der Waals surface area contributed by atoms with E-state index < -0.39 is 10.0 Å². The number of carbonyl (C=O) groups excluding carboxylic acids is 1. The van der Waals surface area contributed by atoms with Crippen LogP contribution in [0.5, 0.6) is 5.75 Å². The van der Waals surface area contributed by atoms with E-state index in [2.05, 4.69) is 10.0 Å². The standard InChI is InChI=1S/C17H20N2O4S/c1-11-5-8-17(12(2)9-11)24(21,22)19-15-10-14(18-13(3)20)6-7-16(15)23-4/h5-10,19H,1-4H3,(H,18,20). The summed E-state index contributed by atoms with van der Waals surface area (Å²) in [5.74, 6) is 0.112. The highest BCUT2D eigenvalue weighted by atomic mass is 32.2.